The van der Waals surface area contributed by atoms with Gasteiger partial charge in [0.1, 0.15) is 5.82 Å². The molecule has 3 nitrogen and oxygen atoms in total. The van der Waals surface area contributed by atoms with E-state index in [9.17, 15) is 4.39 Å². The van der Waals surface area contributed by atoms with Gasteiger partial charge < -0.3 is 15.1 Å². The van der Waals surface area contributed by atoms with Crippen LogP contribution in [0.1, 0.15) is 0 Å². The summed E-state index contributed by atoms with van der Waals surface area (Å²) in [6.45, 7) is 3.83. The van der Waals surface area contributed by atoms with E-state index in [0.717, 1.165) is 31.9 Å². The van der Waals surface area contributed by atoms with Gasteiger partial charge in [0, 0.05) is 46.0 Å². The van der Waals surface area contributed by atoms with Crippen molar-refractivity contribution >= 4 is 11.4 Å². The van der Waals surface area contributed by atoms with Crippen molar-refractivity contribution in [3.63, 3.8) is 0 Å². The van der Waals surface area contributed by atoms with Crippen LogP contribution in [-0.2, 0) is 0 Å². The third-order valence-corrected chi connectivity index (χ3v) is 2.90. The lowest BCUT2D eigenvalue weighted by Crippen LogP contribution is -2.43. The molecule has 1 N–H and O–H groups in total. The van der Waals surface area contributed by atoms with E-state index in [4.69, 9.17) is 0 Å². The minimum Gasteiger partial charge on any atom is -0.375 e. The molecule has 1 aliphatic heterocycles. The Bertz CT molecular complexity index is 359. The molecule has 1 heterocycles. The second kappa shape index (κ2) is 4.70. The van der Waals surface area contributed by atoms with Crippen molar-refractivity contribution in [3.8, 4) is 0 Å². The summed E-state index contributed by atoms with van der Waals surface area (Å²) in [5.74, 6) is -0.152. The third kappa shape index (κ3) is 2.27. The van der Waals surface area contributed by atoms with Gasteiger partial charge >= 0.3 is 0 Å². The van der Waals surface area contributed by atoms with Crippen LogP contribution >= 0.6 is 0 Å². The van der Waals surface area contributed by atoms with Crippen molar-refractivity contribution in [1.29, 1.82) is 0 Å². The second-order valence-corrected chi connectivity index (χ2v) is 4.27. The minimum absolute atomic E-state index is 0.152. The van der Waals surface area contributed by atoms with E-state index in [1.54, 1.807) is 11.0 Å². The smallest absolute Gasteiger partial charge is 0.148 e. The number of anilines is 2. The van der Waals surface area contributed by atoms with Gasteiger partial charge in [-0.2, -0.15) is 0 Å². The Balaban J connectivity index is 2.19. The van der Waals surface area contributed by atoms with Crippen molar-refractivity contribution in [1.82, 2.24) is 5.32 Å². The quantitative estimate of drug-likeness (QED) is 0.815. The van der Waals surface area contributed by atoms with Gasteiger partial charge in [0.05, 0.1) is 5.69 Å². The fraction of sp³-hybridized carbons (Fsp3) is 0.500. The van der Waals surface area contributed by atoms with Gasteiger partial charge in [-0.15, -0.1) is 0 Å². The molecule has 1 aromatic rings. The highest BCUT2D eigenvalue weighted by atomic mass is 19.1. The van der Waals surface area contributed by atoms with Gasteiger partial charge in [-0.3, -0.25) is 0 Å². The van der Waals surface area contributed by atoms with Crippen LogP contribution in [0.4, 0.5) is 15.8 Å². The van der Waals surface area contributed by atoms with E-state index < -0.39 is 0 Å². The molecule has 4 heteroatoms. The molecule has 88 valence electrons. The Morgan fingerprint density at radius 3 is 2.50 bits per heavy atom. The van der Waals surface area contributed by atoms with Crippen LogP contribution in [0.5, 0.6) is 0 Å². The fourth-order valence-corrected chi connectivity index (χ4v) is 1.98. The van der Waals surface area contributed by atoms with Crippen molar-refractivity contribution in [2.75, 3.05) is 50.1 Å². The van der Waals surface area contributed by atoms with E-state index in [2.05, 4.69) is 10.2 Å². The van der Waals surface area contributed by atoms with Gasteiger partial charge in [0.25, 0.3) is 0 Å². The van der Waals surface area contributed by atoms with Crippen LogP contribution in [0, 0.1) is 5.82 Å². The number of nitrogens with one attached hydrogen (secondary N) is 1. The largest absolute Gasteiger partial charge is 0.375 e. The molecular weight excluding hydrogens is 205 g/mol. The van der Waals surface area contributed by atoms with Crippen molar-refractivity contribution < 1.29 is 4.39 Å². The highest BCUT2D eigenvalue weighted by Gasteiger charge is 2.12. The number of rotatable bonds is 2. The van der Waals surface area contributed by atoms with Gasteiger partial charge in [-0.05, 0) is 18.2 Å². The summed E-state index contributed by atoms with van der Waals surface area (Å²) in [6.07, 6.45) is 0. The number of hydrogen-bond acceptors (Lipinski definition) is 3. The Labute approximate surface area is 95.9 Å². The molecule has 0 bridgehead atoms. The third-order valence-electron chi connectivity index (χ3n) is 2.90. The van der Waals surface area contributed by atoms with Crippen LogP contribution < -0.4 is 15.1 Å². The summed E-state index contributed by atoms with van der Waals surface area (Å²) in [5.41, 5.74) is 1.61. The summed E-state index contributed by atoms with van der Waals surface area (Å²) in [7, 11) is 3.70. The molecule has 16 heavy (non-hydrogen) atoms. The highest BCUT2D eigenvalue weighted by molar-refractivity contribution is 5.57. The van der Waals surface area contributed by atoms with Gasteiger partial charge in [-0.25, -0.2) is 4.39 Å². The lowest BCUT2D eigenvalue weighted by Gasteiger charge is -2.30. The van der Waals surface area contributed by atoms with Gasteiger partial charge in [0.2, 0.25) is 0 Å². The first-order valence-electron chi connectivity index (χ1n) is 5.61. The van der Waals surface area contributed by atoms with Crippen LogP contribution in [0.25, 0.3) is 0 Å². The molecule has 0 radical (unpaired) electrons. The molecule has 0 atom stereocenters. The number of halogens is 1. The lowest BCUT2D eigenvalue weighted by atomic mass is 10.2. The summed E-state index contributed by atoms with van der Waals surface area (Å²) in [6, 6.07) is 5.46. The van der Waals surface area contributed by atoms with E-state index >= 15 is 0 Å². The molecule has 2 rings (SSSR count). The first kappa shape index (κ1) is 11.2. The average molecular weight is 223 g/mol. The Morgan fingerprint density at radius 2 is 1.94 bits per heavy atom. The SMILES string of the molecule is CN(C)c1ccc(N2CCNCC2)cc1F. The van der Waals surface area contributed by atoms with E-state index in [1.807, 2.05) is 26.2 Å². The summed E-state index contributed by atoms with van der Waals surface area (Å²) in [5, 5.41) is 3.29. The van der Waals surface area contributed by atoms with Crippen molar-refractivity contribution in [3.05, 3.63) is 24.0 Å². The van der Waals surface area contributed by atoms with Gasteiger partial charge in [0.15, 0.2) is 0 Å². The number of piperazine rings is 1. The van der Waals surface area contributed by atoms with Crippen molar-refractivity contribution in [2.45, 2.75) is 0 Å². The molecule has 0 aromatic heterocycles. The molecular formula is C12H18FN3. The fourth-order valence-electron chi connectivity index (χ4n) is 1.98. The Kier molecular flexibility index (Phi) is 3.29. The predicted molar refractivity (Wildman–Crippen MR) is 65.8 cm³/mol. The van der Waals surface area contributed by atoms with E-state index in [1.165, 1.54) is 0 Å². The normalized spacial score (nSPS) is 16.3. The van der Waals surface area contributed by atoms with Crippen LogP contribution in [0.15, 0.2) is 18.2 Å². The Morgan fingerprint density at radius 1 is 1.25 bits per heavy atom. The first-order valence-corrected chi connectivity index (χ1v) is 5.61. The van der Waals surface area contributed by atoms with E-state index in [-0.39, 0.29) is 5.82 Å². The highest BCUT2D eigenvalue weighted by Crippen LogP contribution is 2.23. The van der Waals surface area contributed by atoms with Crippen LogP contribution in [-0.4, -0.2) is 40.3 Å². The summed E-state index contributed by atoms with van der Waals surface area (Å²) >= 11 is 0. The maximum absolute atomic E-state index is 13.8. The molecule has 0 spiro atoms. The molecule has 1 aliphatic rings. The molecule has 0 amide bonds. The molecule has 1 aromatic carbocycles. The summed E-state index contributed by atoms with van der Waals surface area (Å²) < 4.78 is 13.8. The average Bonchev–Trinajstić information content (AvgIpc) is 2.29. The minimum atomic E-state index is -0.152. The zero-order chi connectivity index (χ0) is 11.5. The zero-order valence-corrected chi connectivity index (χ0v) is 9.83. The zero-order valence-electron chi connectivity index (χ0n) is 9.83. The number of hydrogen-bond donors (Lipinski definition) is 1. The molecule has 0 unspecified atom stereocenters. The second-order valence-electron chi connectivity index (χ2n) is 4.27. The standard InChI is InChI=1S/C12H18FN3/c1-15(2)12-4-3-10(9-11(12)13)16-7-5-14-6-8-16/h3-4,9,14H,5-8H2,1-2H3. The summed E-state index contributed by atoms with van der Waals surface area (Å²) in [4.78, 5) is 4.00. The van der Waals surface area contributed by atoms with Crippen LogP contribution in [0.2, 0.25) is 0 Å². The first-order chi connectivity index (χ1) is 7.68. The number of benzene rings is 1. The number of nitrogens with zero attached hydrogens (tertiary/aromatic N) is 2. The molecule has 0 aliphatic carbocycles. The molecule has 1 fully saturated rings. The monoisotopic (exact) mass is 223 g/mol. The van der Waals surface area contributed by atoms with Crippen molar-refractivity contribution in [2.24, 2.45) is 0 Å². The maximum Gasteiger partial charge on any atom is 0.148 e. The van der Waals surface area contributed by atoms with Crippen LogP contribution in [0.3, 0.4) is 0 Å². The maximum atomic E-state index is 13.8. The van der Waals surface area contributed by atoms with Gasteiger partial charge in [-0.1, -0.05) is 0 Å². The Hall–Kier alpha value is -1.29. The lowest BCUT2D eigenvalue weighted by molar-refractivity contribution is 0.584. The molecule has 0 saturated carbocycles. The molecule has 1 saturated heterocycles. The predicted octanol–water partition coefficient (Wildman–Crippen LogP) is 1.30. The topological polar surface area (TPSA) is 18.5 Å². The van der Waals surface area contributed by atoms with E-state index in [0.29, 0.717) is 5.69 Å².